The fraction of sp³-hybridized carbons (Fsp3) is 0.0909. The number of rotatable bonds is 8. The van der Waals surface area contributed by atoms with Crippen LogP contribution in [-0.4, -0.2) is 39.0 Å². The Labute approximate surface area is 183 Å². The number of nitrogens with zero attached hydrogens (tertiary/aromatic N) is 5. The Morgan fingerprint density at radius 1 is 0.968 bits per heavy atom. The van der Waals surface area contributed by atoms with Gasteiger partial charge in [-0.15, -0.1) is 5.10 Å². The number of anilines is 2. The quantitative estimate of drug-likeness (QED) is 0.336. The van der Waals surface area contributed by atoms with Crippen LogP contribution in [0.15, 0.2) is 90.1 Å². The van der Waals surface area contributed by atoms with Gasteiger partial charge in [0.15, 0.2) is 0 Å². The number of hydrogen-bond acceptors (Lipinski definition) is 7. The molecule has 0 atom stereocenters. The van der Waals surface area contributed by atoms with Gasteiger partial charge in [0.05, 0.1) is 24.2 Å². The molecule has 0 saturated heterocycles. The smallest absolute Gasteiger partial charge is 0.249 e. The van der Waals surface area contributed by atoms with Gasteiger partial charge < -0.3 is 4.74 Å². The van der Waals surface area contributed by atoms with Crippen LogP contribution in [0.1, 0.15) is 0 Å². The first kappa shape index (κ1) is 20.4. The van der Waals surface area contributed by atoms with Crippen molar-refractivity contribution in [1.29, 1.82) is 0 Å². The van der Waals surface area contributed by atoms with Crippen molar-refractivity contribution in [3.8, 4) is 11.4 Å². The number of carbonyl (C=O) groups is 1. The third-order valence-electron chi connectivity index (χ3n) is 4.35. The monoisotopic (exact) mass is 432 g/mol. The molecule has 0 spiro atoms. The maximum atomic E-state index is 12.8. The van der Waals surface area contributed by atoms with Gasteiger partial charge in [0.25, 0.3) is 0 Å². The molecule has 8 nitrogen and oxygen atoms in total. The lowest BCUT2D eigenvalue weighted by Gasteiger charge is -2.25. The number of carbonyl (C=O) groups excluding carboxylic acids is 1. The van der Waals surface area contributed by atoms with Crippen molar-refractivity contribution >= 4 is 29.0 Å². The Morgan fingerprint density at radius 3 is 2.23 bits per heavy atom. The number of ether oxygens (including phenoxy) is 1. The van der Waals surface area contributed by atoms with Gasteiger partial charge in [-0.25, -0.2) is 0 Å². The van der Waals surface area contributed by atoms with Crippen LogP contribution in [0.5, 0.6) is 5.75 Å². The Hall–Kier alpha value is -3.85. The van der Waals surface area contributed by atoms with Crippen LogP contribution in [0, 0.1) is 0 Å². The van der Waals surface area contributed by atoms with E-state index in [0.29, 0.717) is 16.6 Å². The van der Waals surface area contributed by atoms with Crippen LogP contribution in [0.4, 0.5) is 11.4 Å². The van der Waals surface area contributed by atoms with Crippen molar-refractivity contribution in [2.75, 3.05) is 17.9 Å². The SMILES string of the molecule is COc1ccccc1-n1nnnc1SCC(=O)NN(c1ccccc1)c1ccccc1. The third kappa shape index (κ3) is 4.84. The Kier molecular flexibility index (Phi) is 6.44. The first-order chi connectivity index (χ1) is 15.3. The lowest BCUT2D eigenvalue weighted by molar-refractivity contribution is -0.118. The number of aromatic nitrogens is 4. The van der Waals surface area contributed by atoms with Crippen LogP contribution in [-0.2, 0) is 4.79 Å². The molecule has 0 radical (unpaired) electrons. The van der Waals surface area contributed by atoms with Gasteiger partial charge in [-0.2, -0.15) is 4.68 Å². The zero-order valence-electron chi connectivity index (χ0n) is 16.8. The van der Waals surface area contributed by atoms with Crippen molar-refractivity contribution in [1.82, 2.24) is 25.6 Å². The molecular formula is C22H20N6O2S. The second-order valence-corrected chi connectivity index (χ2v) is 7.32. The predicted octanol–water partition coefficient (Wildman–Crippen LogP) is 3.63. The second-order valence-electron chi connectivity index (χ2n) is 6.38. The Balaban J connectivity index is 1.49. The summed E-state index contributed by atoms with van der Waals surface area (Å²) in [6, 6.07) is 26.7. The largest absolute Gasteiger partial charge is 0.494 e. The fourth-order valence-corrected chi connectivity index (χ4v) is 3.62. The lowest BCUT2D eigenvalue weighted by Crippen LogP contribution is -2.40. The minimum Gasteiger partial charge on any atom is -0.494 e. The molecule has 156 valence electrons. The summed E-state index contributed by atoms with van der Waals surface area (Å²) in [6.45, 7) is 0. The summed E-state index contributed by atoms with van der Waals surface area (Å²) in [7, 11) is 1.59. The summed E-state index contributed by atoms with van der Waals surface area (Å²) in [5.41, 5.74) is 5.37. The summed E-state index contributed by atoms with van der Waals surface area (Å²) in [6.07, 6.45) is 0. The van der Waals surface area contributed by atoms with E-state index in [1.807, 2.05) is 84.9 Å². The number of thioether (sulfide) groups is 1. The van der Waals surface area contributed by atoms with Gasteiger partial charge in [-0.05, 0) is 46.8 Å². The molecule has 9 heteroatoms. The third-order valence-corrected chi connectivity index (χ3v) is 5.27. The number of tetrazole rings is 1. The highest BCUT2D eigenvalue weighted by molar-refractivity contribution is 7.99. The zero-order chi connectivity index (χ0) is 21.5. The summed E-state index contributed by atoms with van der Waals surface area (Å²) in [5.74, 6) is 0.582. The number of hydrogen-bond donors (Lipinski definition) is 1. The van der Waals surface area contributed by atoms with Crippen LogP contribution >= 0.6 is 11.8 Å². The molecule has 3 aromatic carbocycles. The molecule has 1 heterocycles. The van der Waals surface area contributed by atoms with E-state index in [9.17, 15) is 4.79 Å². The zero-order valence-corrected chi connectivity index (χ0v) is 17.6. The van der Waals surface area contributed by atoms with Gasteiger partial charge in [0.2, 0.25) is 11.1 Å². The maximum Gasteiger partial charge on any atom is 0.249 e. The van der Waals surface area contributed by atoms with Crippen LogP contribution in [0.2, 0.25) is 0 Å². The van der Waals surface area contributed by atoms with Gasteiger partial charge in [0, 0.05) is 0 Å². The normalized spacial score (nSPS) is 10.5. The molecule has 4 aromatic rings. The topological polar surface area (TPSA) is 85.2 Å². The standard InChI is InChI=1S/C22H20N6O2S/c1-30-20-15-9-8-14-19(20)28-22(23-25-26-28)31-16-21(29)24-27(17-10-4-2-5-11-17)18-12-6-3-7-13-18/h2-15H,16H2,1H3,(H,24,29). The number of hydrazine groups is 1. The summed E-state index contributed by atoms with van der Waals surface area (Å²) < 4.78 is 6.95. The van der Waals surface area contributed by atoms with Gasteiger partial charge in [0.1, 0.15) is 11.4 Å². The molecule has 1 aromatic heterocycles. The number of nitrogens with one attached hydrogen (secondary N) is 1. The van der Waals surface area contributed by atoms with Crippen LogP contribution in [0.3, 0.4) is 0 Å². The van der Waals surface area contributed by atoms with E-state index in [2.05, 4.69) is 21.0 Å². The molecule has 0 aliphatic heterocycles. The second kappa shape index (κ2) is 9.77. The predicted molar refractivity (Wildman–Crippen MR) is 120 cm³/mol. The average molecular weight is 433 g/mol. The first-order valence-corrected chi connectivity index (χ1v) is 10.5. The molecule has 0 saturated carbocycles. The van der Waals surface area contributed by atoms with E-state index >= 15 is 0 Å². The highest BCUT2D eigenvalue weighted by Crippen LogP contribution is 2.26. The number of benzene rings is 3. The summed E-state index contributed by atoms with van der Waals surface area (Å²) >= 11 is 1.24. The van der Waals surface area contributed by atoms with E-state index < -0.39 is 0 Å². The molecule has 0 fully saturated rings. The van der Waals surface area contributed by atoms with Gasteiger partial charge >= 0.3 is 0 Å². The van der Waals surface area contributed by atoms with Crippen molar-refractivity contribution in [3.63, 3.8) is 0 Å². The number of amides is 1. The first-order valence-electron chi connectivity index (χ1n) is 9.50. The lowest BCUT2D eigenvalue weighted by atomic mass is 10.2. The number of para-hydroxylation sites is 4. The van der Waals surface area contributed by atoms with Gasteiger partial charge in [-0.1, -0.05) is 60.3 Å². The molecule has 0 aliphatic carbocycles. The van der Waals surface area contributed by atoms with Crippen LogP contribution in [0.25, 0.3) is 5.69 Å². The average Bonchev–Trinajstić information content (AvgIpc) is 3.31. The van der Waals surface area contributed by atoms with E-state index in [0.717, 1.165) is 11.4 Å². The molecule has 1 N–H and O–H groups in total. The van der Waals surface area contributed by atoms with Crippen LogP contribution < -0.4 is 15.2 Å². The molecule has 0 aliphatic rings. The highest BCUT2D eigenvalue weighted by Gasteiger charge is 2.17. The highest BCUT2D eigenvalue weighted by atomic mass is 32.2. The Morgan fingerprint density at radius 2 is 1.58 bits per heavy atom. The van der Waals surface area contributed by atoms with E-state index in [4.69, 9.17) is 4.74 Å². The minimum absolute atomic E-state index is 0.131. The molecule has 4 rings (SSSR count). The molecule has 0 bridgehead atoms. The van der Waals surface area contributed by atoms with Gasteiger partial charge in [-0.3, -0.25) is 15.2 Å². The summed E-state index contributed by atoms with van der Waals surface area (Å²) in [5, 5.41) is 14.1. The molecule has 0 unspecified atom stereocenters. The van der Waals surface area contributed by atoms with E-state index in [-0.39, 0.29) is 11.7 Å². The number of methoxy groups -OCH3 is 1. The van der Waals surface area contributed by atoms with Crippen molar-refractivity contribution in [2.24, 2.45) is 0 Å². The van der Waals surface area contributed by atoms with E-state index in [1.165, 1.54) is 11.8 Å². The van der Waals surface area contributed by atoms with Crippen molar-refractivity contribution in [2.45, 2.75) is 5.16 Å². The molecule has 31 heavy (non-hydrogen) atoms. The van der Waals surface area contributed by atoms with Crippen molar-refractivity contribution < 1.29 is 9.53 Å². The molecule has 1 amide bonds. The summed E-state index contributed by atoms with van der Waals surface area (Å²) in [4.78, 5) is 12.8. The molecular weight excluding hydrogens is 412 g/mol. The minimum atomic E-state index is -0.188. The fourth-order valence-electron chi connectivity index (χ4n) is 2.94. The van der Waals surface area contributed by atoms with E-state index in [1.54, 1.807) is 16.8 Å². The maximum absolute atomic E-state index is 12.8. The van der Waals surface area contributed by atoms with Crippen molar-refractivity contribution in [3.05, 3.63) is 84.9 Å². The Bertz CT molecular complexity index is 1100.